The molecule has 0 unspecified atom stereocenters. The Morgan fingerprint density at radius 1 is 1.53 bits per heavy atom. The number of aromatic nitrogens is 2. The van der Waals surface area contributed by atoms with Crippen LogP contribution in [0.2, 0.25) is 0 Å². The van der Waals surface area contributed by atoms with Crippen LogP contribution in [-0.4, -0.2) is 29.3 Å². The fourth-order valence-electron chi connectivity index (χ4n) is 1.68. The molecule has 1 aromatic heterocycles. The molecule has 0 aliphatic carbocycles. The number of hydrogen-bond donors (Lipinski definition) is 1. The normalized spacial score (nSPS) is 18.5. The molecule has 6 nitrogen and oxygen atoms in total. The molecule has 106 valence electrons. The van der Waals surface area contributed by atoms with Crippen molar-refractivity contribution in [2.24, 2.45) is 5.16 Å². The van der Waals surface area contributed by atoms with E-state index in [9.17, 15) is 17.2 Å². The number of alkyl halides is 2. The van der Waals surface area contributed by atoms with Crippen molar-refractivity contribution < 1.29 is 22.0 Å². The second kappa shape index (κ2) is 4.55. The molecule has 0 saturated heterocycles. The Labute approximate surface area is 108 Å². The number of sulfone groups is 1. The lowest BCUT2D eigenvalue weighted by atomic mass is 10.1. The van der Waals surface area contributed by atoms with Crippen molar-refractivity contribution in [3.8, 4) is 0 Å². The number of hydrogen-bond acceptors (Lipinski definition) is 5. The quantitative estimate of drug-likeness (QED) is 0.920. The lowest BCUT2D eigenvalue weighted by Crippen LogP contribution is -2.23. The Kier molecular flexibility index (Phi) is 3.33. The predicted octanol–water partition coefficient (Wildman–Crippen LogP) is 1.77. The molecule has 0 radical (unpaired) electrons. The highest BCUT2D eigenvalue weighted by Gasteiger charge is 2.36. The standard InChI is InChI=1S/C10H13F2N3O3S/c1-10(2)3-7(15-18-10)19(16,17)5-6-4-13-14-8(6)9(11)12/h4,9H,3,5H2,1-2H3,(H,13,14). The van der Waals surface area contributed by atoms with E-state index in [0.29, 0.717) is 0 Å². The summed E-state index contributed by atoms with van der Waals surface area (Å²) >= 11 is 0. The van der Waals surface area contributed by atoms with Crippen LogP contribution in [-0.2, 0) is 20.4 Å². The smallest absolute Gasteiger partial charge is 0.280 e. The maximum Gasteiger partial charge on any atom is 0.280 e. The van der Waals surface area contributed by atoms with Gasteiger partial charge in [0.25, 0.3) is 6.43 Å². The van der Waals surface area contributed by atoms with Crippen LogP contribution >= 0.6 is 0 Å². The van der Waals surface area contributed by atoms with Gasteiger partial charge in [0.15, 0.2) is 14.9 Å². The first-order valence-electron chi connectivity index (χ1n) is 5.49. The number of nitrogens with zero attached hydrogens (tertiary/aromatic N) is 2. The van der Waals surface area contributed by atoms with E-state index in [4.69, 9.17) is 4.84 Å². The number of H-pyrrole nitrogens is 1. The van der Waals surface area contributed by atoms with Gasteiger partial charge in [-0.3, -0.25) is 5.10 Å². The third kappa shape index (κ3) is 2.91. The molecular weight excluding hydrogens is 280 g/mol. The maximum absolute atomic E-state index is 12.6. The molecule has 2 heterocycles. The van der Waals surface area contributed by atoms with Gasteiger partial charge in [0.05, 0.1) is 11.9 Å². The molecule has 0 spiro atoms. The van der Waals surface area contributed by atoms with Crippen molar-refractivity contribution in [2.45, 2.75) is 38.0 Å². The summed E-state index contributed by atoms with van der Waals surface area (Å²) in [6, 6.07) is 0. The van der Waals surface area contributed by atoms with E-state index in [1.807, 2.05) is 0 Å². The van der Waals surface area contributed by atoms with Gasteiger partial charge in [0, 0.05) is 12.0 Å². The van der Waals surface area contributed by atoms with Gasteiger partial charge in [-0.05, 0) is 13.8 Å². The first-order chi connectivity index (χ1) is 8.71. The summed E-state index contributed by atoms with van der Waals surface area (Å²) < 4.78 is 49.4. The molecule has 2 rings (SSSR count). The molecule has 1 aliphatic rings. The van der Waals surface area contributed by atoms with Crippen LogP contribution in [0.4, 0.5) is 8.78 Å². The highest BCUT2D eigenvalue weighted by molar-refractivity contribution is 8.05. The van der Waals surface area contributed by atoms with Gasteiger partial charge in [-0.15, -0.1) is 0 Å². The van der Waals surface area contributed by atoms with Crippen molar-refractivity contribution in [1.29, 1.82) is 0 Å². The zero-order valence-electron chi connectivity index (χ0n) is 10.4. The molecule has 0 aromatic carbocycles. The molecule has 0 bridgehead atoms. The van der Waals surface area contributed by atoms with Crippen LogP contribution in [0.5, 0.6) is 0 Å². The molecular formula is C10H13F2N3O3S. The second-order valence-corrected chi connectivity index (χ2v) is 6.87. The molecule has 1 aliphatic heterocycles. The summed E-state index contributed by atoms with van der Waals surface area (Å²) in [7, 11) is -3.78. The van der Waals surface area contributed by atoms with Gasteiger partial charge in [0.1, 0.15) is 11.3 Å². The molecule has 0 fully saturated rings. The van der Waals surface area contributed by atoms with Crippen molar-refractivity contribution in [3.05, 3.63) is 17.5 Å². The Morgan fingerprint density at radius 2 is 2.21 bits per heavy atom. The van der Waals surface area contributed by atoms with Crippen molar-refractivity contribution in [3.63, 3.8) is 0 Å². The summed E-state index contributed by atoms with van der Waals surface area (Å²) in [4.78, 5) is 4.97. The Balaban J connectivity index is 2.21. The van der Waals surface area contributed by atoms with Gasteiger partial charge < -0.3 is 4.84 Å². The lowest BCUT2D eigenvalue weighted by molar-refractivity contribution is 0.0123. The number of nitrogens with one attached hydrogen (secondary N) is 1. The summed E-state index contributed by atoms with van der Waals surface area (Å²) in [6.07, 6.45) is -1.59. The topological polar surface area (TPSA) is 84.4 Å². The Hall–Kier alpha value is -1.51. The first-order valence-corrected chi connectivity index (χ1v) is 7.14. The summed E-state index contributed by atoms with van der Waals surface area (Å²) in [6.45, 7) is 3.39. The molecule has 19 heavy (non-hydrogen) atoms. The molecule has 9 heteroatoms. The third-order valence-electron chi connectivity index (χ3n) is 2.65. The average molecular weight is 293 g/mol. The van der Waals surface area contributed by atoms with E-state index < -0.39 is 33.3 Å². The van der Waals surface area contributed by atoms with Crippen LogP contribution < -0.4 is 0 Å². The lowest BCUT2D eigenvalue weighted by Gasteiger charge is -2.13. The SMILES string of the molecule is CC1(C)CC(S(=O)(=O)Cc2cn[nH]c2C(F)F)=NO1. The summed E-state index contributed by atoms with van der Waals surface area (Å²) in [5, 5.41) is 8.94. The number of halogens is 2. The molecule has 0 atom stereocenters. The Morgan fingerprint density at radius 3 is 2.74 bits per heavy atom. The minimum atomic E-state index is -3.78. The largest absolute Gasteiger partial charge is 0.389 e. The minimum absolute atomic E-state index is 0.0533. The number of oxime groups is 1. The van der Waals surface area contributed by atoms with E-state index >= 15 is 0 Å². The molecule has 1 N–H and O–H groups in total. The van der Waals surface area contributed by atoms with E-state index in [1.54, 1.807) is 13.8 Å². The van der Waals surface area contributed by atoms with E-state index in [0.717, 1.165) is 6.20 Å². The zero-order chi connectivity index (χ0) is 14.3. The molecule has 0 saturated carbocycles. The Bertz CT molecular complexity index is 607. The van der Waals surface area contributed by atoms with Crippen molar-refractivity contribution in [1.82, 2.24) is 10.2 Å². The van der Waals surface area contributed by atoms with Gasteiger partial charge in [-0.1, -0.05) is 5.16 Å². The van der Waals surface area contributed by atoms with E-state index in [1.165, 1.54) is 0 Å². The summed E-state index contributed by atoms with van der Waals surface area (Å²) in [5.74, 6) is -0.568. The monoisotopic (exact) mass is 293 g/mol. The third-order valence-corrected chi connectivity index (χ3v) is 4.27. The van der Waals surface area contributed by atoms with Gasteiger partial charge >= 0.3 is 0 Å². The highest BCUT2D eigenvalue weighted by Crippen LogP contribution is 2.28. The predicted molar refractivity (Wildman–Crippen MR) is 63.4 cm³/mol. The fourth-order valence-corrected chi connectivity index (χ4v) is 3.21. The molecule has 0 amide bonds. The maximum atomic E-state index is 12.6. The summed E-state index contributed by atoms with van der Waals surface area (Å²) in [5.41, 5.74) is -1.23. The van der Waals surface area contributed by atoms with Crippen molar-refractivity contribution in [2.75, 3.05) is 0 Å². The highest BCUT2D eigenvalue weighted by atomic mass is 32.2. The zero-order valence-corrected chi connectivity index (χ0v) is 11.2. The van der Waals surface area contributed by atoms with Crippen LogP contribution in [0, 0.1) is 0 Å². The van der Waals surface area contributed by atoms with Gasteiger partial charge in [0.2, 0.25) is 0 Å². The van der Waals surface area contributed by atoms with E-state index in [2.05, 4.69) is 15.4 Å². The van der Waals surface area contributed by atoms with Gasteiger partial charge in [-0.2, -0.15) is 5.10 Å². The average Bonchev–Trinajstić information content (AvgIpc) is 2.84. The van der Waals surface area contributed by atoms with Crippen LogP contribution in [0.25, 0.3) is 0 Å². The molecule has 1 aromatic rings. The van der Waals surface area contributed by atoms with Gasteiger partial charge in [-0.25, -0.2) is 17.2 Å². The first kappa shape index (κ1) is 13.9. The van der Waals surface area contributed by atoms with Crippen LogP contribution in [0.1, 0.15) is 38.0 Å². The minimum Gasteiger partial charge on any atom is -0.389 e. The number of aromatic amines is 1. The number of rotatable bonds is 3. The van der Waals surface area contributed by atoms with Crippen molar-refractivity contribution >= 4 is 14.9 Å². The van der Waals surface area contributed by atoms with Crippen LogP contribution in [0.15, 0.2) is 11.4 Å². The fraction of sp³-hybridized carbons (Fsp3) is 0.600. The second-order valence-electron chi connectivity index (χ2n) is 4.88. The van der Waals surface area contributed by atoms with Crippen LogP contribution in [0.3, 0.4) is 0 Å². The van der Waals surface area contributed by atoms with E-state index in [-0.39, 0.29) is 17.0 Å².